The zero-order chi connectivity index (χ0) is 20.4. The van der Waals surface area contributed by atoms with Gasteiger partial charge in [-0.3, -0.25) is 0 Å². The zero-order valence-corrected chi connectivity index (χ0v) is 18.5. The third-order valence-corrected chi connectivity index (χ3v) is 10.7. The molecule has 0 radical (unpaired) electrons. The summed E-state index contributed by atoms with van der Waals surface area (Å²) in [5.41, 5.74) is 1.78. The van der Waals surface area contributed by atoms with Crippen LogP contribution in [-0.2, 0) is 14.0 Å². The highest BCUT2D eigenvalue weighted by molar-refractivity contribution is 6.99. The molecule has 0 fully saturated rings. The third-order valence-electron chi connectivity index (χ3n) is 5.70. The summed E-state index contributed by atoms with van der Waals surface area (Å²) >= 11 is 0. The molecule has 4 heteroatoms. The smallest absolute Gasteiger partial charge is 0.336 e. The highest BCUT2D eigenvalue weighted by Gasteiger charge is 2.52. The van der Waals surface area contributed by atoms with Gasteiger partial charge in [0.1, 0.15) is 0 Å². The van der Waals surface area contributed by atoms with Gasteiger partial charge < -0.3 is 9.16 Å². The molecule has 0 heterocycles. The molecule has 3 rings (SSSR count). The highest BCUT2D eigenvalue weighted by atomic mass is 28.4. The number of benzene rings is 2. The summed E-state index contributed by atoms with van der Waals surface area (Å²) < 4.78 is 12.2. The van der Waals surface area contributed by atoms with Gasteiger partial charge in [-0.15, -0.1) is 0 Å². The lowest BCUT2D eigenvalue weighted by molar-refractivity contribution is -0.137. The Balaban J connectivity index is 2.19. The molecule has 148 valence electrons. The Morgan fingerprint density at radius 3 is 1.89 bits per heavy atom. The first-order valence-corrected chi connectivity index (χ1v) is 11.8. The van der Waals surface area contributed by atoms with Crippen molar-refractivity contribution in [1.29, 1.82) is 0 Å². The maximum absolute atomic E-state index is 12.5. The van der Waals surface area contributed by atoms with Gasteiger partial charge in [-0.1, -0.05) is 87.0 Å². The van der Waals surface area contributed by atoms with Crippen molar-refractivity contribution in [3.63, 3.8) is 0 Å². The fourth-order valence-electron chi connectivity index (χ4n) is 4.34. The van der Waals surface area contributed by atoms with Crippen molar-refractivity contribution < 1.29 is 14.0 Å². The maximum atomic E-state index is 12.5. The number of hydrogen-bond donors (Lipinski definition) is 0. The Hall–Kier alpha value is -2.17. The van der Waals surface area contributed by atoms with E-state index in [0.29, 0.717) is 5.57 Å². The molecule has 1 aliphatic rings. The van der Waals surface area contributed by atoms with Gasteiger partial charge in [0, 0.05) is 0 Å². The topological polar surface area (TPSA) is 35.5 Å². The Kier molecular flexibility index (Phi) is 5.92. The fraction of sp³-hybridized carbons (Fsp3) is 0.375. The number of methoxy groups -OCH3 is 1. The summed E-state index contributed by atoms with van der Waals surface area (Å²) in [4.78, 5) is 12.5. The van der Waals surface area contributed by atoms with E-state index in [2.05, 4.69) is 69.3 Å². The number of allylic oxidation sites excluding steroid dienone is 1. The van der Waals surface area contributed by atoms with Crippen LogP contribution < -0.4 is 10.4 Å². The van der Waals surface area contributed by atoms with E-state index in [4.69, 9.17) is 9.16 Å². The first kappa shape index (κ1) is 20.6. The molecule has 1 aliphatic carbocycles. The van der Waals surface area contributed by atoms with Crippen molar-refractivity contribution in [1.82, 2.24) is 0 Å². The molecule has 0 spiro atoms. The lowest BCUT2D eigenvalue weighted by atomic mass is 10.1. The van der Waals surface area contributed by atoms with Crippen LogP contribution in [0.1, 0.15) is 40.5 Å². The summed E-state index contributed by atoms with van der Waals surface area (Å²) in [6.07, 6.45) is 1.45. The van der Waals surface area contributed by atoms with Crippen LogP contribution >= 0.6 is 0 Å². The van der Waals surface area contributed by atoms with Crippen molar-refractivity contribution >= 4 is 24.7 Å². The Bertz CT molecular complexity index is 811. The predicted octanol–water partition coefficient (Wildman–Crippen LogP) is 4.21. The van der Waals surface area contributed by atoms with Crippen LogP contribution in [0.3, 0.4) is 0 Å². The molecule has 2 aromatic carbocycles. The Morgan fingerprint density at radius 1 is 0.964 bits per heavy atom. The maximum Gasteiger partial charge on any atom is 0.336 e. The second kappa shape index (κ2) is 8.06. The van der Waals surface area contributed by atoms with Crippen LogP contribution in [0.25, 0.3) is 0 Å². The number of carbonyl (C=O) groups is 1. The molecule has 0 bridgehead atoms. The summed E-state index contributed by atoms with van der Waals surface area (Å²) in [5.74, 6) is -0.266. The van der Waals surface area contributed by atoms with E-state index in [1.165, 1.54) is 17.5 Å². The molecule has 0 amide bonds. The number of ether oxygens (including phenoxy) is 1. The van der Waals surface area contributed by atoms with Crippen LogP contribution in [0.15, 0.2) is 71.8 Å². The molecule has 0 aromatic heterocycles. The van der Waals surface area contributed by atoms with Crippen molar-refractivity contribution in [2.45, 2.75) is 51.7 Å². The second-order valence-electron chi connectivity index (χ2n) is 8.49. The van der Waals surface area contributed by atoms with E-state index in [0.717, 1.165) is 18.4 Å². The largest absolute Gasteiger partial charge is 0.466 e. The summed E-state index contributed by atoms with van der Waals surface area (Å²) in [6.45, 7) is 8.77. The van der Waals surface area contributed by atoms with E-state index < -0.39 is 8.32 Å². The molecule has 0 saturated heterocycles. The number of hydrogen-bond acceptors (Lipinski definition) is 3. The van der Waals surface area contributed by atoms with Gasteiger partial charge in [0.2, 0.25) is 0 Å². The molecule has 0 saturated carbocycles. The van der Waals surface area contributed by atoms with Gasteiger partial charge in [-0.05, 0) is 35.2 Å². The summed E-state index contributed by atoms with van der Waals surface area (Å²) in [7, 11) is -1.24. The van der Waals surface area contributed by atoms with Gasteiger partial charge >= 0.3 is 5.97 Å². The minimum Gasteiger partial charge on any atom is -0.466 e. The van der Waals surface area contributed by atoms with Crippen LogP contribution in [0, 0.1) is 0 Å². The van der Waals surface area contributed by atoms with E-state index in [1.54, 1.807) is 0 Å². The van der Waals surface area contributed by atoms with Crippen molar-refractivity contribution in [3.8, 4) is 0 Å². The van der Waals surface area contributed by atoms with Crippen LogP contribution in [-0.4, -0.2) is 27.5 Å². The van der Waals surface area contributed by atoms with Crippen molar-refractivity contribution in [2.75, 3.05) is 7.11 Å². The zero-order valence-electron chi connectivity index (χ0n) is 17.5. The van der Waals surface area contributed by atoms with Gasteiger partial charge in [0.25, 0.3) is 8.32 Å². The monoisotopic (exact) mass is 394 g/mol. The van der Waals surface area contributed by atoms with E-state index >= 15 is 0 Å². The van der Waals surface area contributed by atoms with Gasteiger partial charge in [0.05, 0.1) is 18.8 Å². The molecule has 28 heavy (non-hydrogen) atoms. The summed E-state index contributed by atoms with van der Waals surface area (Å²) in [6, 6.07) is 21.1. The quantitative estimate of drug-likeness (QED) is 0.563. The van der Waals surface area contributed by atoms with E-state index in [-0.39, 0.29) is 17.1 Å². The lowest BCUT2D eigenvalue weighted by Crippen LogP contribution is -2.67. The van der Waals surface area contributed by atoms with Crippen LogP contribution in [0.2, 0.25) is 5.04 Å². The number of rotatable bonds is 5. The molecule has 0 N–H and O–H groups in total. The van der Waals surface area contributed by atoms with Gasteiger partial charge in [-0.2, -0.15) is 0 Å². The molecule has 2 aromatic rings. The highest BCUT2D eigenvalue weighted by Crippen LogP contribution is 2.41. The molecule has 1 atom stereocenters. The first-order valence-electron chi connectivity index (χ1n) is 9.88. The van der Waals surface area contributed by atoms with Crippen molar-refractivity contribution in [2.24, 2.45) is 0 Å². The second-order valence-corrected chi connectivity index (χ2v) is 12.7. The molecular formula is C24H30O3Si. The van der Waals surface area contributed by atoms with Crippen molar-refractivity contribution in [3.05, 3.63) is 71.8 Å². The van der Waals surface area contributed by atoms with Gasteiger partial charge in [-0.25, -0.2) is 4.79 Å². The molecular weight excluding hydrogens is 364 g/mol. The predicted molar refractivity (Wildman–Crippen MR) is 116 cm³/mol. The summed E-state index contributed by atoms with van der Waals surface area (Å²) in [5, 5.41) is 2.33. The Morgan fingerprint density at radius 2 is 1.46 bits per heavy atom. The fourth-order valence-corrected chi connectivity index (χ4v) is 9.02. The normalized spacial score (nSPS) is 17.7. The average molecular weight is 395 g/mol. The van der Waals surface area contributed by atoms with E-state index in [1.807, 2.05) is 19.1 Å². The van der Waals surface area contributed by atoms with Crippen LogP contribution in [0.4, 0.5) is 0 Å². The third kappa shape index (κ3) is 3.59. The first-order chi connectivity index (χ1) is 13.3. The minimum atomic E-state index is -2.69. The molecule has 0 aliphatic heterocycles. The van der Waals surface area contributed by atoms with Crippen LogP contribution in [0.5, 0.6) is 0 Å². The molecule has 1 unspecified atom stereocenters. The molecule has 3 nitrogen and oxygen atoms in total. The van der Waals surface area contributed by atoms with E-state index in [9.17, 15) is 4.79 Å². The standard InChI is InChI=1S/C24H30O3Si/c1-18-16-17-21(22(18)23(25)26-5)27-28(24(2,3)4,19-12-8-6-9-13-19)20-14-10-7-11-15-20/h6-15,21H,16-17H2,1-5H3. The number of esters is 1. The number of carbonyl (C=O) groups excluding carboxylic acids is 1. The van der Waals surface area contributed by atoms with Gasteiger partial charge in [0.15, 0.2) is 0 Å². The Labute approximate surface area is 169 Å². The SMILES string of the molecule is COC(=O)C1=C(C)CCC1O[Si](c1ccccc1)(c1ccccc1)C(C)(C)C. The average Bonchev–Trinajstić information content (AvgIpc) is 3.06. The lowest BCUT2D eigenvalue weighted by Gasteiger charge is -2.45. The minimum absolute atomic E-state index is 0.118.